The Morgan fingerprint density at radius 3 is 2.82 bits per heavy atom. The normalized spacial score (nSPS) is 10.6. The van der Waals surface area contributed by atoms with Gasteiger partial charge in [0.15, 0.2) is 0 Å². The third-order valence-corrected chi connectivity index (χ3v) is 3.13. The van der Waals surface area contributed by atoms with Crippen LogP contribution in [0, 0.1) is 0 Å². The van der Waals surface area contributed by atoms with E-state index < -0.39 is 0 Å². The summed E-state index contributed by atoms with van der Waals surface area (Å²) in [7, 11) is 0. The van der Waals surface area contributed by atoms with Gasteiger partial charge in [0.2, 0.25) is 0 Å². The molecule has 22 heavy (non-hydrogen) atoms. The summed E-state index contributed by atoms with van der Waals surface area (Å²) in [5.74, 6) is 0.445. The van der Waals surface area contributed by atoms with Gasteiger partial charge in [-0.15, -0.1) is 0 Å². The minimum Gasteiger partial charge on any atom is -0.491 e. The standard InChI is InChI=1S/C16H15N3O3/c20-9-10-22-14-3-1-13(2-4-14)18-16(21)12-5-7-19-8-6-17-15(19)11-12/h1-8,11,20H,9-10H2,(H,18,21). The summed E-state index contributed by atoms with van der Waals surface area (Å²) >= 11 is 0. The summed E-state index contributed by atoms with van der Waals surface area (Å²) in [6, 6.07) is 10.4. The second kappa shape index (κ2) is 6.28. The average Bonchev–Trinajstić information content (AvgIpc) is 3.01. The quantitative estimate of drug-likeness (QED) is 0.755. The second-order valence-electron chi connectivity index (χ2n) is 4.66. The van der Waals surface area contributed by atoms with Crippen LogP contribution in [0.25, 0.3) is 5.65 Å². The van der Waals surface area contributed by atoms with Gasteiger partial charge >= 0.3 is 0 Å². The van der Waals surface area contributed by atoms with Gasteiger partial charge in [0.05, 0.1) is 6.61 Å². The number of hydrogen-bond donors (Lipinski definition) is 2. The van der Waals surface area contributed by atoms with Crippen molar-refractivity contribution in [3.05, 3.63) is 60.6 Å². The van der Waals surface area contributed by atoms with Crippen molar-refractivity contribution in [3.63, 3.8) is 0 Å². The van der Waals surface area contributed by atoms with Crippen LogP contribution < -0.4 is 10.1 Å². The van der Waals surface area contributed by atoms with E-state index >= 15 is 0 Å². The van der Waals surface area contributed by atoms with Crippen LogP contribution in [-0.2, 0) is 0 Å². The van der Waals surface area contributed by atoms with Crippen LogP contribution in [0.3, 0.4) is 0 Å². The molecule has 0 aliphatic rings. The minimum absolute atomic E-state index is 0.0330. The highest BCUT2D eigenvalue weighted by atomic mass is 16.5. The van der Waals surface area contributed by atoms with Gasteiger partial charge < -0.3 is 19.6 Å². The van der Waals surface area contributed by atoms with Crippen molar-refractivity contribution in [2.75, 3.05) is 18.5 Å². The maximum atomic E-state index is 12.2. The van der Waals surface area contributed by atoms with Gasteiger partial charge in [-0.05, 0) is 36.4 Å². The number of pyridine rings is 1. The molecule has 3 aromatic rings. The van der Waals surface area contributed by atoms with E-state index in [1.165, 1.54) is 0 Å². The van der Waals surface area contributed by atoms with Gasteiger partial charge in [0.1, 0.15) is 18.0 Å². The molecular formula is C16H15N3O3. The van der Waals surface area contributed by atoms with Crippen molar-refractivity contribution >= 4 is 17.2 Å². The molecule has 1 aromatic carbocycles. The molecule has 0 saturated heterocycles. The lowest BCUT2D eigenvalue weighted by Gasteiger charge is -2.08. The maximum absolute atomic E-state index is 12.2. The number of hydrogen-bond acceptors (Lipinski definition) is 4. The zero-order chi connectivity index (χ0) is 15.4. The molecule has 0 saturated carbocycles. The molecule has 2 aromatic heterocycles. The first kappa shape index (κ1) is 14.1. The molecular weight excluding hydrogens is 282 g/mol. The van der Waals surface area contributed by atoms with Crippen LogP contribution in [-0.4, -0.2) is 33.6 Å². The van der Waals surface area contributed by atoms with Crippen molar-refractivity contribution < 1.29 is 14.6 Å². The Bertz CT molecular complexity index is 781. The first-order valence-corrected chi connectivity index (χ1v) is 6.84. The second-order valence-corrected chi connectivity index (χ2v) is 4.66. The zero-order valence-electron chi connectivity index (χ0n) is 11.8. The highest BCUT2D eigenvalue weighted by molar-refractivity contribution is 6.04. The lowest BCUT2D eigenvalue weighted by atomic mass is 10.2. The van der Waals surface area contributed by atoms with Crippen molar-refractivity contribution in [2.24, 2.45) is 0 Å². The number of aromatic nitrogens is 2. The van der Waals surface area contributed by atoms with E-state index in [2.05, 4.69) is 10.3 Å². The Balaban J connectivity index is 1.70. The Labute approximate surface area is 127 Å². The van der Waals surface area contributed by atoms with Crippen LogP contribution in [0.2, 0.25) is 0 Å². The van der Waals surface area contributed by atoms with Crippen LogP contribution in [0.1, 0.15) is 10.4 Å². The van der Waals surface area contributed by atoms with Crippen molar-refractivity contribution in [1.29, 1.82) is 0 Å². The first-order valence-electron chi connectivity index (χ1n) is 6.84. The molecule has 1 amide bonds. The number of fused-ring (bicyclic) bond motifs is 1. The Morgan fingerprint density at radius 1 is 1.23 bits per heavy atom. The highest BCUT2D eigenvalue weighted by Gasteiger charge is 2.07. The molecule has 0 aliphatic heterocycles. The number of carbonyl (C=O) groups excluding carboxylic acids is 1. The summed E-state index contributed by atoms with van der Waals surface area (Å²) in [6.07, 6.45) is 5.30. The number of amides is 1. The molecule has 0 fully saturated rings. The van der Waals surface area contributed by atoms with Gasteiger partial charge in [0, 0.05) is 29.8 Å². The van der Waals surface area contributed by atoms with E-state index in [1.807, 2.05) is 10.6 Å². The molecule has 6 nitrogen and oxygen atoms in total. The fourth-order valence-electron chi connectivity index (χ4n) is 2.05. The molecule has 0 bridgehead atoms. The summed E-state index contributed by atoms with van der Waals surface area (Å²) in [6.45, 7) is 0.213. The molecule has 0 spiro atoms. The predicted molar refractivity (Wildman–Crippen MR) is 82.2 cm³/mol. The lowest BCUT2D eigenvalue weighted by Crippen LogP contribution is -2.12. The number of ether oxygens (including phenoxy) is 1. The largest absolute Gasteiger partial charge is 0.491 e. The Morgan fingerprint density at radius 2 is 2.05 bits per heavy atom. The minimum atomic E-state index is -0.200. The number of nitrogens with zero attached hydrogens (tertiary/aromatic N) is 2. The van der Waals surface area contributed by atoms with E-state index in [4.69, 9.17) is 9.84 Å². The lowest BCUT2D eigenvalue weighted by molar-refractivity contribution is 0.102. The molecule has 2 heterocycles. The number of aliphatic hydroxyl groups is 1. The molecule has 0 atom stereocenters. The van der Waals surface area contributed by atoms with E-state index in [0.29, 0.717) is 17.0 Å². The molecule has 0 radical (unpaired) electrons. The van der Waals surface area contributed by atoms with Crippen molar-refractivity contribution in [3.8, 4) is 5.75 Å². The topological polar surface area (TPSA) is 75.9 Å². The molecule has 0 aliphatic carbocycles. The zero-order valence-corrected chi connectivity index (χ0v) is 11.8. The molecule has 0 unspecified atom stereocenters. The first-order chi connectivity index (χ1) is 10.8. The third-order valence-electron chi connectivity index (χ3n) is 3.13. The SMILES string of the molecule is O=C(Nc1ccc(OCCO)cc1)c1ccn2ccnc2c1. The molecule has 112 valence electrons. The fraction of sp³-hybridized carbons (Fsp3) is 0.125. The number of nitrogens with one attached hydrogen (secondary N) is 1. The van der Waals surface area contributed by atoms with Gasteiger partial charge in [-0.3, -0.25) is 4.79 Å². The maximum Gasteiger partial charge on any atom is 0.255 e. The van der Waals surface area contributed by atoms with E-state index in [1.54, 1.807) is 48.8 Å². The van der Waals surface area contributed by atoms with Crippen LogP contribution in [0.4, 0.5) is 5.69 Å². The monoisotopic (exact) mass is 297 g/mol. The van der Waals surface area contributed by atoms with E-state index in [-0.39, 0.29) is 19.1 Å². The van der Waals surface area contributed by atoms with E-state index in [0.717, 1.165) is 5.65 Å². The van der Waals surface area contributed by atoms with Crippen LogP contribution in [0.5, 0.6) is 5.75 Å². The number of carbonyl (C=O) groups is 1. The molecule has 2 N–H and O–H groups in total. The van der Waals surface area contributed by atoms with E-state index in [9.17, 15) is 4.79 Å². The van der Waals surface area contributed by atoms with Crippen molar-refractivity contribution in [1.82, 2.24) is 9.38 Å². The predicted octanol–water partition coefficient (Wildman–Crippen LogP) is 1.96. The summed E-state index contributed by atoms with van der Waals surface area (Å²) in [5, 5.41) is 11.5. The Hall–Kier alpha value is -2.86. The number of benzene rings is 1. The molecule has 3 rings (SSSR count). The van der Waals surface area contributed by atoms with Crippen LogP contribution in [0.15, 0.2) is 55.0 Å². The van der Waals surface area contributed by atoms with Gasteiger partial charge in [-0.2, -0.15) is 0 Å². The van der Waals surface area contributed by atoms with Gasteiger partial charge in [-0.25, -0.2) is 4.98 Å². The van der Waals surface area contributed by atoms with Gasteiger partial charge in [0.25, 0.3) is 5.91 Å². The Kier molecular flexibility index (Phi) is 4.02. The summed E-state index contributed by atoms with van der Waals surface area (Å²) in [5.41, 5.74) is 1.93. The number of imidazole rings is 1. The highest BCUT2D eigenvalue weighted by Crippen LogP contribution is 2.16. The number of rotatable bonds is 5. The fourth-order valence-corrected chi connectivity index (χ4v) is 2.05. The third kappa shape index (κ3) is 3.07. The molecule has 6 heteroatoms. The van der Waals surface area contributed by atoms with Gasteiger partial charge in [-0.1, -0.05) is 0 Å². The summed E-state index contributed by atoms with van der Waals surface area (Å²) < 4.78 is 7.10. The average molecular weight is 297 g/mol. The number of anilines is 1. The number of aliphatic hydroxyl groups excluding tert-OH is 1. The van der Waals surface area contributed by atoms with Crippen molar-refractivity contribution in [2.45, 2.75) is 0 Å². The van der Waals surface area contributed by atoms with Crippen LogP contribution >= 0.6 is 0 Å². The smallest absolute Gasteiger partial charge is 0.255 e. The summed E-state index contributed by atoms with van der Waals surface area (Å²) in [4.78, 5) is 16.4.